The van der Waals surface area contributed by atoms with Crippen LogP contribution in [0, 0.1) is 5.82 Å². The summed E-state index contributed by atoms with van der Waals surface area (Å²) in [5.41, 5.74) is 3.01. The lowest BCUT2D eigenvalue weighted by atomic mass is 10.2. The number of halogens is 1. The van der Waals surface area contributed by atoms with Crippen LogP contribution in [0.4, 0.5) is 4.39 Å². The first-order valence-corrected chi connectivity index (χ1v) is 9.04. The fraction of sp³-hybridized carbons (Fsp3) is 0.474. The highest BCUT2D eigenvalue weighted by molar-refractivity contribution is 5.76. The highest BCUT2D eigenvalue weighted by Crippen LogP contribution is 2.17. The smallest absolute Gasteiger partial charge is 0.220 e. The summed E-state index contributed by atoms with van der Waals surface area (Å²) in [6, 6.07) is 8.79. The summed E-state index contributed by atoms with van der Waals surface area (Å²) in [7, 11) is 0. The molecule has 6 nitrogen and oxygen atoms in total. The van der Waals surface area contributed by atoms with Gasteiger partial charge in [-0.15, -0.1) is 0 Å². The highest BCUT2D eigenvalue weighted by Gasteiger charge is 2.17. The molecule has 0 saturated carbocycles. The summed E-state index contributed by atoms with van der Waals surface area (Å²) in [6.07, 6.45) is 1.94. The van der Waals surface area contributed by atoms with E-state index < -0.39 is 0 Å². The van der Waals surface area contributed by atoms with Crippen molar-refractivity contribution >= 4 is 5.91 Å². The van der Waals surface area contributed by atoms with E-state index in [1.54, 1.807) is 12.1 Å². The number of nitrogens with one attached hydrogen (secondary N) is 1. The predicted molar refractivity (Wildman–Crippen MR) is 95.8 cm³/mol. The Hall–Kier alpha value is -2.25. The number of benzene rings is 1. The van der Waals surface area contributed by atoms with E-state index in [2.05, 4.69) is 21.4 Å². The number of hydrogen-bond donors (Lipinski definition) is 2. The number of hydrogen-bond acceptors (Lipinski definition) is 4. The molecule has 26 heavy (non-hydrogen) atoms. The molecule has 140 valence electrons. The SMILES string of the molecule is O=C(CCc1cc2n(n1)CCCN(Cc1cccc(F)c1)C2)NCCO. The molecule has 0 radical (unpaired) electrons. The Labute approximate surface area is 152 Å². The second kappa shape index (κ2) is 8.91. The van der Waals surface area contributed by atoms with Crippen LogP contribution in [0.2, 0.25) is 0 Å². The maximum atomic E-state index is 13.4. The van der Waals surface area contributed by atoms with Gasteiger partial charge in [0, 0.05) is 45.6 Å². The molecular weight excluding hydrogens is 335 g/mol. The molecule has 3 rings (SSSR count). The van der Waals surface area contributed by atoms with Crippen LogP contribution < -0.4 is 5.32 Å². The lowest BCUT2D eigenvalue weighted by Gasteiger charge is -2.19. The van der Waals surface area contributed by atoms with Gasteiger partial charge in [-0.05, 0) is 30.2 Å². The number of rotatable bonds is 7. The molecule has 0 atom stereocenters. The number of carbonyl (C=O) groups excluding carboxylic acids is 1. The van der Waals surface area contributed by atoms with Crippen molar-refractivity contribution in [3.8, 4) is 0 Å². The van der Waals surface area contributed by atoms with Crippen LogP contribution in [0.1, 0.15) is 29.8 Å². The van der Waals surface area contributed by atoms with Crippen molar-refractivity contribution in [2.75, 3.05) is 19.7 Å². The van der Waals surface area contributed by atoms with Gasteiger partial charge < -0.3 is 10.4 Å². The van der Waals surface area contributed by atoms with Crippen LogP contribution in [0.25, 0.3) is 0 Å². The van der Waals surface area contributed by atoms with Gasteiger partial charge in [0.15, 0.2) is 0 Å². The molecule has 2 aromatic rings. The summed E-state index contributed by atoms with van der Waals surface area (Å²) < 4.78 is 15.4. The van der Waals surface area contributed by atoms with Gasteiger partial charge in [0.05, 0.1) is 18.0 Å². The van der Waals surface area contributed by atoms with Gasteiger partial charge in [-0.3, -0.25) is 14.4 Å². The number of carbonyl (C=O) groups is 1. The van der Waals surface area contributed by atoms with Gasteiger partial charge in [0.25, 0.3) is 0 Å². The maximum absolute atomic E-state index is 13.4. The van der Waals surface area contributed by atoms with Crippen molar-refractivity contribution in [2.45, 2.75) is 38.9 Å². The molecule has 0 aliphatic carbocycles. The Morgan fingerprint density at radius 3 is 3.00 bits per heavy atom. The minimum absolute atomic E-state index is 0.0499. The zero-order valence-corrected chi connectivity index (χ0v) is 14.8. The Bertz CT molecular complexity index is 747. The molecule has 0 saturated heterocycles. The molecule has 1 aromatic carbocycles. The van der Waals surface area contributed by atoms with Crippen molar-refractivity contribution in [3.63, 3.8) is 0 Å². The molecule has 1 aromatic heterocycles. The third kappa shape index (κ3) is 5.12. The number of aryl methyl sites for hydroxylation is 2. The summed E-state index contributed by atoms with van der Waals surface area (Å²) in [5, 5.41) is 16.0. The van der Waals surface area contributed by atoms with Gasteiger partial charge >= 0.3 is 0 Å². The number of fused-ring (bicyclic) bond motifs is 1. The van der Waals surface area contributed by atoms with E-state index in [0.717, 1.165) is 43.0 Å². The second-order valence-electron chi connectivity index (χ2n) is 6.62. The number of nitrogens with zero attached hydrogens (tertiary/aromatic N) is 3. The Morgan fingerprint density at radius 1 is 1.31 bits per heavy atom. The first-order valence-electron chi connectivity index (χ1n) is 9.04. The number of aliphatic hydroxyl groups is 1. The summed E-state index contributed by atoms with van der Waals surface area (Å²) >= 11 is 0. The first kappa shape index (κ1) is 18.5. The quantitative estimate of drug-likeness (QED) is 0.785. The Morgan fingerprint density at radius 2 is 2.19 bits per heavy atom. The van der Waals surface area contributed by atoms with E-state index in [0.29, 0.717) is 19.4 Å². The summed E-state index contributed by atoms with van der Waals surface area (Å²) in [6.45, 7) is 3.51. The monoisotopic (exact) mass is 360 g/mol. The first-order chi connectivity index (χ1) is 12.6. The molecule has 0 fully saturated rings. The number of amides is 1. The molecule has 0 spiro atoms. The van der Waals surface area contributed by atoms with Crippen molar-refractivity contribution < 1.29 is 14.3 Å². The van der Waals surface area contributed by atoms with Crippen molar-refractivity contribution in [2.24, 2.45) is 0 Å². The maximum Gasteiger partial charge on any atom is 0.220 e. The Kier molecular flexibility index (Phi) is 6.35. The largest absolute Gasteiger partial charge is 0.395 e. The number of aromatic nitrogens is 2. The average molecular weight is 360 g/mol. The van der Waals surface area contributed by atoms with Crippen LogP contribution in [-0.2, 0) is 30.8 Å². The van der Waals surface area contributed by atoms with Crippen LogP contribution in [-0.4, -0.2) is 45.4 Å². The van der Waals surface area contributed by atoms with Crippen molar-refractivity contribution in [1.82, 2.24) is 20.0 Å². The number of aliphatic hydroxyl groups excluding tert-OH is 1. The normalized spacial score (nSPS) is 14.7. The lowest BCUT2D eigenvalue weighted by molar-refractivity contribution is -0.121. The van der Waals surface area contributed by atoms with Crippen molar-refractivity contribution in [1.29, 1.82) is 0 Å². The van der Waals surface area contributed by atoms with E-state index in [1.165, 1.54) is 6.07 Å². The fourth-order valence-corrected chi connectivity index (χ4v) is 3.26. The average Bonchev–Trinajstić information content (AvgIpc) is 2.90. The standard InChI is InChI=1S/C19H25FN4O2/c20-16-4-1-3-15(11-16)13-23-8-2-9-24-18(14-23)12-17(22-24)5-6-19(26)21-7-10-25/h1,3-4,11-12,25H,2,5-10,13-14H2,(H,21,26). The molecule has 0 bridgehead atoms. The van der Waals surface area contributed by atoms with E-state index in [9.17, 15) is 9.18 Å². The van der Waals surface area contributed by atoms with Gasteiger partial charge in [0.2, 0.25) is 5.91 Å². The van der Waals surface area contributed by atoms with Crippen LogP contribution in [0.5, 0.6) is 0 Å². The molecular formula is C19H25FN4O2. The van der Waals surface area contributed by atoms with E-state index in [1.807, 2.05) is 10.7 Å². The summed E-state index contributed by atoms with van der Waals surface area (Å²) in [5.74, 6) is -0.279. The van der Waals surface area contributed by atoms with Gasteiger partial charge in [-0.2, -0.15) is 5.10 Å². The zero-order chi connectivity index (χ0) is 18.4. The van der Waals surface area contributed by atoms with Crippen LogP contribution >= 0.6 is 0 Å². The molecule has 7 heteroatoms. The zero-order valence-electron chi connectivity index (χ0n) is 14.8. The topological polar surface area (TPSA) is 70.4 Å². The van der Waals surface area contributed by atoms with Gasteiger partial charge in [-0.25, -0.2) is 4.39 Å². The molecule has 2 heterocycles. The van der Waals surface area contributed by atoms with E-state index >= 15 is 0 Å². The highest BCUT2D eigenvalue weighted by atomic mass is 19.1. The molecule has 1 aliphatic rings. The van der Waals surface area contributed by atoms with E-state index in [-0.39, 0.29) is 24.9 Å². The fourth-order valence-electron chi connectivity index (χ4n) is 3.26. The Balaban J connectivity index is 1.59. The van der Waals surface area contributed by atoms with Crippen LogP contribution in [0.15, 0.2) is 30.3 Å². The van der Waals surface area contributed by atoms with Crippen LogP contribution in [0.3, 0.4) is 0 Å². The third-order valence-electron chi connectivity index (χ3n) is 4.48. The second-order valence-corrected chi connectivity index (χ2v) is 6.62. The lowest BCUT2D eigenvalue weighted by Crippen LogP contribution is -2.26. The third-order valence-corrected chi connectivity index (χ3v) is 4.48. The van der Waals surface area contributed by atoms with E-state index in [4.69, 9.17) is 5.11 Å². The van der Waals surface area contributed by atoms with Gasteiger partial charge in [0.1, 0.15) is 5.82 Å². The molecule has 0 unspecified atom stereocenters. The molecule has 2 N–H and O–H groups in total. The predicted octanol–water partition coefficient (Wildman–Crippen LogP) is 1.47. The minimum Gasteiger partial charge on any atom is -0.395 e. The summed E-state index contributed by atoms with van der Waals surface area (Å²) in [4.78, 5) is 14.0. The van der Waals surface area contributed by atoms with Gasteiger partial charge in [-0.1, -0.05) is 12.1 Å². The van der Waals surface area contributed by atoms with Crippen molar-refractivity contribution in [3.05, 3.63) is 53.1 Å². The molecule has 1 aliphatic heterocycles. The minimum atomic E-state index is -0.205. The molecule has 1 amide bonds.